The molecular formula is C17H18N2O7S. The lowest BCUT2D eigenvalue weighted by Gasteiger charge is -2.38. The number of esters is 1. The van der Waals surface area contributed by atoms with Crippen molar-refractivity contribution in [2.45, 2.75) is 36.6 Å². The molecule has 0 bridgehead atoms. The van der Waals surface area contributed by atoms with Crippen molar-refractivity contribution in [3.63, 3.8) is 0 Å². The van der Waals surface area contributed by atoms with Gasteiger partial charge in [-0.05, 0) is 12.1 Å². The second-order valence-corrected chi connectivity index (χ2v) is 7.71. The number of ether oxygens (including phenoxy) is 2. The van der Waals surface area contributed by atoms with Crippen LogP contribution in [0.2, 0.25) is 0 Å². The molecule has 10 heteroatoms. The summed E-state index contributed by atoms with van der Waals surface area (Å²) in [6.45, 7) is 2.00. The van der Waals surface area contributed by atoms with Gasteiger partial charge in [-0.3, -0.25) is 19.2 Å². The molecule has 2 saturated heterocycles. The lowest BCUT2D eigenvalue weighted by molar-refractivity contribution is -0.154. The first-order chi connectivity index (χ1) is 12.7. The third-order valence-electron chi connectivity index (χ3n) is 4.23. The van der Waals surface area contributed by atoms with Crippen molar-refractivity contribution in [3.8, 4) is 11.5 Å². The maximum Gasteiger partial charge on any atom is 0.327 e. The topological polar surface area (TPSA) is 126 Å². The van der Waals surface area contributed by atoms with Crippen molar-refractivity contribution < 1.29 is 33.8 Å². The van der Waals surface area contributed by atoms with Gasteiger partial charge in [0.05, 0.1) is 11.8 Å². The van der Waals surface area contributed by atoms with Crippen LogP contribution in [0.4, 0.5) is 0 Å². The van der Waals surface area contributed by atoms with Crippen molar-refractivity contribution in [2.75, 3.05) is 6.61 Å². The van der Waals surface area contributed by atoms with Gasteiger partial charge in [-0.2, -0.15) is 0 Å². The maximum atomic E-state index is 11.7. The van der Waals surface area contributed by atoms with Crippen LogP contribution in [0.25, 0.3) is 0 Å². The summed E-state index contributed by atoms with van der Waals surface area (Å²) in [6, 6.07) is 7.84. The summed E-state index contributed by atoms with van der Waals surface area (Å²) in [7, 11) is 0. The number of amides is 2. The Labute approximate surface area is 159 Å². The molecule has 0 aliphatic carbocycles. The minimum Gasteiger partial charge on any atom is -0.480 e. The van der Waals surface area contributed by atoms with E-state index in [0.717, 1.165) is 23.3 Å². The monoisotopic (exact) mass is 394 g/mol. The van der Waals surface area contributed by atoms with E-state index in [9.17, 15) is 24.3 Å². The highest BCUT2D eigenvalue weighted by atomic mass is 32.2. The molecule has 0 spiro atoms. The number of nitrogens with one attached hydrogen (secondary N) is 1. The first-order valence-corrected chi connectivity index (χ1v) is 9.02. The molecule has 27 heavy (non-hydrogen) atoms. The highest BCUT2D eigenvalue weighted by Crippen LogP contribution is 2.50. The Hall–Kier alpha value is -2.75. The number of aliphatic carboxylic acids is 1. The number of carbonyl (C=O) groups excluding carboxylic acids is 3. The summed E-state index contributed by atoms with van der Waals surface area (Å²) in [5.41, 5.74) is 0. The molecule has 0 aromatic heterocycles. The number of hydrogen-bond acceptors (Lipinski definition) is 7. The Bertz CT molecular complexity index is 793. The molecule has 3 aliphatic rings. The molecule has 3 aliphatic heterocycles. The fourth-order valence-corrected chi connectivity index (χ4v) is 4.48. The van der Waals surface area contributed by atoms with Crippen molar-refractivity contribution >= 4 is 35.5 Å². The van der Waals surface area contributed by atoms with Gasteiger partial charge >= 0.3 is 11.9 Å². The summed E-state index contributed by atoms with van der Waals surface area (Å²) in [4.78, 5) is 46.8. The van der Waals surface area contributed by atoms with Crippen LogP contribution in [0, 0.1) is 0 Å². The summed E-state index contributed by atoms with van der Waals surface area (Å²) in [5, 5.41) is 11.7. The molecule has 3 atom stereocenters. The van der Waals surface area contributed by atoms with Crippen molar-refractivity contribution in [2.24, 2.45) is 0 Å². The van der Waals surface area contributed by atoms with E-state index in [2.05, 4.69) is 5.32 Å². The Morgan fingerprint density at radius 2 is 1.96 bits per heavy atom. The quantitative estimate of drug-likeness (QED) is 0.446. The Balaban J connectivity index is 0.000000246. The fourth-order valence-electron chi connectivity index (χ4n) is 2.88. The van der Waals surface area contributed by atoms with Gasteiger partial charge in [-0.25, -0.2) is 0 Å². The number of para-hydroxylation sites is 2. The van der Waals surface area contributed by atoms with E-state index in [4.69, 9.17) is 9.47 Å². The number of rotatable bonds is 4. The lowest BCUT2D eigenvalue weighted by atomic mass is 10.0. The predicted octanol–water partition coefficient (Wildman–Crippen LogP) is 0.933. The van der Waals surface area contributed by atoms with Crippen LogP contribution in [-0.2, 0) is 23.9 Å². The van der Waals surface area contributed by atoms with Gasteiger partial charge in [0.1, 0.15) is 12.8 Å². The molecule has 2 amide bonds. The van der Waals surface area contributed by atoms with Gasteiger partial charge in [0, 0.05) is 13.8 Å². The van der Waals surface area contributed by atoms with Gasteiger partial charge in [0.25, 0.3) is 0 Å². The molecule has 2 N–H and O–H groups in total. The van der Waals surface area contributed by atoms with Crippen LogP contribution >= 0.6 is 11.8 Å². The van der Waals surface area contributed by atoms with Crippen LogP contribution in [-0.4, -0.2) is 56.7 Å². The van der Waals surface area contributed by atoms with Crippen molar-refractivity contribution in [3.05, 3.63) is 24.3 Å². The van der Waals surface area contributed by atoms with E-state index in [1.165, 1.54) is 18.7 Å². The molecule has 1 aromatic rings. The predicted molar refractivity (Wildman–Crippen MR) is 94.0 cm³/mol. The normalized spacial score (nSPS) is 26.3. The second kappa shape index (κ2) is 7.10. The van der Waals surface area contributed by atoms with E-state index in [1.807, 2.05) is 24.3 Å². The number of fused-ring (bicyclic) bond motifs is 2. The number of nitrogens with zero attached hydrogens (tertiary/aromatic N) is 1. The Morgan fingerprint density at radius 1 is 1.33 bits per heavy atom. The molecule has 0 saturated carbocycles. The molecule has 1 aromatic carbocycles. The average Bonchev–Trinajstić information content (AvgIpc) is 3.31. The molecular weight excluding hydrogens is 376 g/mol. The number of thioether (sulfide) groups is 1. The third kappa shape index (κ3) is 3.70. The molecule has 2 unspecified atom stereocenters. The number of benzene rings is 1. The fraction of sp³-hybridized carbons (Fsp3) is 0.412. The first-order valence-electron chi connectivity index (χ1n) is 8.14. The van der Waals surface area contributed by atoms with Crippen LogP contribution in [0.15, 0.2) is 24.3 Å². The van der Waals surface area contributed by atoms with E-state index in [0.29, 0.717) is 0 Å². The summed E-state index contributed by atoms with van der Waals surface area (Å²) < 4.78 is 8.19. The molecule has 144 valence electrons. The van der Waals surface area contributed by atoms with Gasteiger partial charge in [-0.1, -0.05) is 12.1 Å². The first kappa shape index (κ1) is 19.0. The van der Waals surface area contributed by atoms with E-state index >= 15 is 0 Å². The standard InChI is InChI=1S/C11H14N2O6S.C6H4O/c1-5(14)12-9-11(10(17)18,4-19-6(2)15)20-8-3-7(16)13(8)9;1-2-4-6-5(3-1)7-6/h8-9H,3-4H2,1-2H3,(H,12,14)(H,17,18);1-4H/t8-,9?,11?;/m1./s1. The number of carboxylic acids is 1. The zero-order valence-electron chi connectivity index (χ0n) is 14.6. The Kier molecular flexibility index (Phi) is 5.01. The van der Waals surface area contributed by atoms with Gasteiger partial charge in [0.15, 0.2) is 16.2 Å². The minimum absolute atomic E-state index is 0.218. The second-order valence-electron chi connectivity index (χ2n) is 6.20. The van der Waals surface area contributed by atoms with E-state index < -0.39 is 35.4 Å². The van der Waals surface area contributed by atoms with Gasteiger partial charge < -0.3 is 24.8 Å². The molecule has 9 nitrogen and oxygen atoms in total. The average molecular weight is 394 g/mol. The molecule has 0 radical (unpaired) electrons. The summed E-state index contributed by atoms with van der Waals surface area (Å²) in [6.07, 6.45) is -0.802. The van der Waals surface area contributed by atoms with Crippen LogP contribution in [0.3, 0.4) is 0 Å². The summed E-state index contributed by atoms with van der Waals surface area (Å²) >= 11 is 1.03. The number of hydrogen-bond donors (Lipinski definition) is 2. The SMILES string of the molecule is CC(=O)NC1N2C(=O)C[C@H]2SC1(COC(C)=O)C(=O)O.c1ccc2c(c1)O2. The number of carbonyl (C=O) groups is 4. The molecule has 4 rings (SSSR count). The third-order valence-corrected chi connectivity index (χ3v) is 5.84. The zero-order chi connectivity index (χ0) is 19.8. The largest absolute Gasteiger partial charge is 0.480 e. The van der Waals surface area contributed by atoms with Crippen LogP contribution in [0.5, 0.6) is 11.5 Å². The lowest BCUT2D eigenvalue weighted by Crippen LogP contribution is -2.64. The van der Waals surface area contributed by atoms with Crippen LogP contribution < -0.4 is 10.1 Å². The van der Waals surface area contributed by atoms with Gasteiger partial charge in [-0.15, -0.1) is 11.8 Å². The van der Waals surface area contributed by atoms with E-state index in [-0.39, 0.29) is 17.7 Å². The Morgan fingerprint density at radius 3 is 2.41 bits per heavy atom. The maximum absolute atomic E-state index is 11.7. The van der Waals surface area contributed by atoms with Crippen LogP contribution in [0.1, 0.15) is 20.3 Å². The van der Waals surface area contributed by atoms with Crippen molar-refractivity contribution in [1.29, 1.82) is 0 Å². The smallest absolute Gasteiger partial charge is 0.327 e. The highest BCUT2D eigenvalue weighted by Gasteiger charge is 2.64. The highest BCUT2D eigenvalue weighted by molar-refractivity contribution is 8.02. The minimum atomic E-state index is -1.58. The molecule has 3 heterocycles. The number of β-lactam (4-membered cyclic amide) rings is 1. The number of carboxylic acid groups (broad SMARTS) is 1. The van der Waals surface area contributed by atoms with Crippen molar-refractivity contribution in [1.82, 2.24) is 10.2 Å². The van der Waals surface area contributed by atoms with E-state index in [1.54, 1.807) is 0 Å². The zero-order valence-corrected chi connectivity index (χ0v) is 15.4. The van der Waals surface area contributed by atoms with Gasteiger partial charge in [0.2, 0.25) is 11.8 Å². The summed E-state index contributed by atoms with van der Waals surface area (Å²) in [5.74, 6) is -0.473. The molecule has 2 fully saturated rings.